The molecule has 5 N–H and O–H groups in total. The molecule has 6 atom stereocenters. The molecule has 2 heterocycles. The molecule has 3 fully saturated rings. The zero-order chi connectivity index (χ0) is 31.3. The fourth-order valence-electron chi connectivity index (χ4n) is 6.15. The Labute approximate surface area is 252 Å². The van der Waals surface area contributed by atoms with Gasteiger partial charge in [0.25, 0.3) is 11.8 Å². The average Bonchev–Trinajstić information content (AvgIpc) is 3.53. The third-order valence-electron chi connectivity index (χ3n) is 8.57. The predicted octanol–water partition coefficient (Wildman–Crippen LogP) is 0.289. The second kappa shape index (κ2) is 13.8. The SMILES string of the molecule is CCCC(NC(=O)C1C2CCCC2CN1C(=O)C(NC(=O)CNC(=O)c1cnccn1)C(C)(C)C)C(O)C(=O)NC1CC1. The molecule has 1 saturated heterocycles. The van der Waals surface area contributed by atoms with Gasteiger partial charge >= 0.3 is 0 Å². The minimum Gasteiger partial charge on any atom is -0.381 e. The molecule has 1 aromatic heterocycles. The van der Waals surface area contributed by atoms with Gasteiger partial charge in [-0.15, -0.1) is 0 Å². The van der Waals surface area contributed by atoms with Crippen LogP contribution in [0.1, 0.15) is 83.1 Å². The lowest BCUT2D eigenvalue weighted by Gasteiger charge is -2.37. The van der Waals surface area contributed by atoms with E-state index >= 15 is 0 Å². The Morgan fingerprint density at radius 2 is 1.81 bits per heavy atom. The number of aliphatic hydroxyl groups is 1. The van der Waals surface area contributed by atoms with Crippen LogP contribution >= 0.6 is 0 Å². The molecule has 0 radical (unpaired) electrons. The lowest BCUT2D eigenvalue weighted by Crippen LogP contribution is -2.61. The van der Waals surface area contributed by atoms with Gasteiger partial charge in [-0.25, -0.2) is 4.98 Å². The van der Waals surface area contributed by atoms with Gasteiger partial charge in [0.2, 0.25) is 17.7 Å². The second-order valence-electron chi connectivity index (χ2n) is 13.1. The molecular formula is C30H45N7O6. The highest BCUT2D eigenvalue weighted by Gasteiger charge is 2.52. The van der Waals surface area contributed by atoms with Crippen LogP contribution in [0.2, 0.25) is 0 Å². The van der Waals surface area contributed by atoms with E-state index in [4.69, 9.17) is 0 Å². The number of hydrogen-bond donors (Lipinski definition) is 5. The molecule has 236 valence electrons. The van der Waals surface area contributed by atoms with Gasteiger partial charge < -0.3 is 31.3 Å². The minimum absolute atomic E-state index is 0.0498. The number of amides is 5. The molecular weight excluding hydrogens is 554 g/mol. The average molecular weight is 600 g/mol. The standard InChI is InChI=1S/C30H45N7O6/c1-5-7-20(24(39)28(42)34-18-10-11-18)35-27(41)23-19-9-6-8-17(19)16-37(23)29(43)25(30(2,3)4)36-22(38)15-33-26(40)21-14-31-12-13-32-21/h12-14,17-20,23-25,39H,5-11,15-16H2,1-4H3,(H,33,40)(H,34,42)(H,35,41)(H,36,38). The normalized spacial score (nSPS) is 23.5. The van der Waals surface area contributed by atoms with E-state index in [0.717, 1.165) is 32.1 Å². The van der Waals surface area contributed by atoms with Crippen molar-refractivity contribution >= 4 is 29.5 Å². The van der Waals surface area contributed by atoms with Gasteiger partial charge in [-0.3, -0.25) is 29.0 Å². The van der Waals surface area contributed by atoms with Crippen molar-refractivity contribution < 1.29 is 29.1 Å². The van der Waals surface area contributed by atoms with Crippen molar-refractivity contribution in [2.75, 3.05) is 13.1 Å². The smallest absolute Gasteiger partial charge is 0.271 e. The molecule has 0 spiro atoms. The quantitative estimate of drug-likeness (QED) is 0.227. The topological polar surface area (TPSA) is 183 Å². The van der Waals surface area contributed by atoms with Crippen LogP contribution in [0.5, 0.6) is 0 Å². The van der Waals surface area contributed by atoms with E-state index in [1.807, 2.05) is 27.7 Å². The summed E-state index contributed by atoms with van der Waals surface area (Å²) in [6, 6.07) is -2.46. The molecule has 4 rings (SSSR count). The highest BCUT2D eigenvalue weighted by molar-refractivity contribution is 5.96. The van der Waals surface area contributed by atoms with Crippen molar-refractivity contribution in [2.24, 2.45) is 17.3 Å². The maximum Gasteiger partial charge on any atom is 0.271 e. The van der Waals surface area contributed by atoms with E-state index in [1.54, 1.807) is 4.90 Å². The number of aromatic nitrogens is 2. The molecule has 1 aromatic rings. The largest absolute Gasteiger partial charge is 0.381 e. The molecule has 13 nitrogen and oxygen atoms in total. The van der Waals surface area contributed by atoms with Crippen LogP contribution in [0, 0.1) is 17.3 Å². The van der Waals surface area contributed by atoms with E-state index in [1.165, 1.54) is 18.6 Å². The van der Waals surface area contributed by atoms with Gasteiger partial charge in [0.1, 0.15) is 17.8 Å². The molecule has 6 unspecified atom stereocenters. The number of carbonyl (C=O) groups is 5. The number of nitrogens with zero attached hydrogens (tertiary/aromatic N) is 3. The Bertz CT molecular complexity index is 1190. The Morgan fingerprint density at radius 3 is 2.44 bits per heavy atom. The number of rotatable bonds is 12. The van der Waals surface area contributed by atoms with Crippen molar-refractivity contribution in [3.05, 3.63) is 24.3 Å². The summed E-state index contributed by atoms with van der Waals surface area (Å²) >= 11 is 0. The second-order valence-corrected chi connectivity index (χ2v) is 13.1. The van der Waals surface area contributed by atoms with Crippen LogP contribution in [0.15, 0.2) is 18.6 Å². The fourth-order valence-corrected chi connectivity index (χ4v) is 6.15. The number of hydrogen-bond acceptors (Lipinski definition) is 8. The molecule has 43 heavy (non-hydrogen) atoms. The van der Waals surface area contributed by atoms with Gasteiger partial charge in [-0.05, 0) is 49.4 Å². The first-order valence-corrected chi connectivity index (χ1v) is 15.3. The Morgan fingerprint density at radius 1 is 1.07 bits per heavy atom. The van der Waals surface area contributed by atoms with Crippen LogP contribution in [-0.2, 0) is 19.2 Å². The molecule has 0 aromatic carbocycles. The van der Waals surface area contributed by atoms with E-state index in [-0.39, 0.29) is 36.0 Å². The first-order valence-electron chi connectivity index (χ1n) is 15.3. The van der Waals surface area contributed by atoms with E-state index in [9.17, 15) is 29.1 Å². The van der Waals surface area contributed by atoms with E-state index in [0.29, 0.717) is 19.4 Å². The summed E-state index contributed by atoms with van der Waals surface area (Å²) in [6.07, 6.45) is 8.13. The summed E-state index contributed by atoms with van der Waals surface area (Å²) in [6.45, 7) is 7.40. The Kier molecular flexibility index (Phi) is 10.4. The van der Waals surface area contributed by atoms with Gasteiger partial charge in [0.05, 0.1) is 18.8 Å². The van der Waals surface area contributed by atoms with Gasteiger partial charge in [0, 0.05) is 25.0 Å². The first-order chi connectivity index (χ1) is 20.4. The van der Waals surface area contributed by atoms with Crippen molar-refractivity contribution in [1.82, 2.24) is 36.1 Å². The predicted molar refractivity (Wildman–Crippen MR) is 156 cm³/mol. The lowest BCUT2D eigenvalue weighted by molar-refractivity contribution is -0.145. The third kappa shape index (κ3) is 8.07. The lowest BCUT2D eigenvalue weighted by atomic mass is 9.85. The van der Waals surface area contributed by atoms with Crippen LogP contribution in [-0.4, -0.2) is 92.9 Å². The highest BCUT2D eigenvalue weighted by Crippen LogP contribution is 2.43. The summed E-state index contributed by atoms with van der Waals surface area (Å²) in [5.74, 6) is -2.30. The van der Waals surface area contributed by atoms with Crippen molar-refractivity contribution in [2.45, 2.75) is 103 Å². The van der Waals surface area contributed by atoms with Crippen LogP contribution in [0.4, 0.5) is 0 Å². The summed E-state index contributed by atoms with van der Waals surface area (Å²) in [5.41, 5.74) is -0.643. The highest BCUT2D eigenvalue weighted by atomic mass is 16.3. The van der Waals surface area contributed by atoms with Crippen LogP contribution in [0.3, 0.4) is 0 Å². The van der Waals surface area contributed by atoms with E-state index in [2.05, 4.69) is 31.2 Å². The van der Waals surface area contributed by atoms with Gasteiger partial charge in [0.15, 0.2) is 6.10 Å². The molecule has 13 heteroatoms. The van der Waals surface area contributed by atoms with Crippen LogP contribution < -0.4 is 21.3 Å². The Balaban J connectivity index is 1.46. The number of aliphatic hydroxyl groups excluding tert-OH is 1. The van der Waals surface area contributed by atoms with E-state index < -0.39 is 53.3 Å². The minimum atomic E-state index is -1.40. The molecule has 2 aliphatic carbocycles. The Hall–Kier alpha value is -3.61. The van der Waals surface area contributed by atoms with Crippen molar-refractivity contribution in [3.8, 4) is 0 Å². The van der Waals surface area contributed by atoms with Crippen molar-refractivity contribution in [1.29, 1.82) is 0 Å². The first kappa shape index (κ1) is 32.3. The van der Waals surface area contributed by atoms with Gasteiger partial charge in [-0.2, -0.15) is 0 Å². The number of likely N-dealkylation sites (tertiary alicyclic amines) is 1. The number of nitrogens with one attached hydrogen (secondary N) is 4. The number of carbonyl (C=O) groups excluding carboxylic acids is 5. The zero-order valence-electron chi connectivity index (χ0n) is 25.5. The van der Waals surface area contributed by atoms with Crippen LogP contribution in [0.25, 0.3) is 0 Å². The van der Waals surface area contributed by atoms with Gasteiger partial charge in [-0.1, -0.05) is 40.5 Å². The maximum absolute atomic E-state index is 14.1. The molecule has 1 aliphatic heterocycles. The zero-order valence-corrected chi connectivity index (χ0v) is 25.5. The molecule has 3 aliphatic rings. The molecule has 0 bridgehead atoms. The summed E-state index contributed by atoms with van der Waals surface area (Å²) < 4.78 is 0. The monoisotopic (exact) mass is 599 g/mol. The number of fused-ring (bicyclic) bond motifs is 1. The summed E-state index contributed by atoms with van der Waals surface area (Å²) in [4.78, 5) is 75.2. The summed E-state index contributed by atoms with van der Waals surface area (Å²) in [5, 5.41) is 21.8. The molecule has 5 amide bonds. The molecule has 2 saturated carbocycles. The fraction of sp³-hybridized carbons (Fsp3) is 0.700. The summed E-state index contributed by atoms with van der Waals surface area (Å²) in [7, 11) is 0. The van der Waals surface area contributed by atoms with Crippen molar-refractivity contribution in [3.63, 3.8) is 0 Å². The maximum atomic E-state index is 14.1. The third-order valence-corrected chi connectivity index (χ3v) is 8.57.